The highest BCUT2D eigenvalue weighted by molar-refractivity contribution is 6.02. The molecule has 1 heterocycles. The molecule has 1 aliphatic heterocycles. The summed E-state index contributed by atoms with van der Waals surface area (Å²) in [5.74, 6) is -1.20. The van der Waals surface area contributed by atoms with Crippen molar-refractivity contribution < 1.29 is 14.3 Å². The number of cyclic esters (lactones) is 1. The maximum atomic E-state index is 11.1. The van der Waals surface area contributed by atoms with Crippen molar-refractivity contribution in [3.8, 4) is 0 Å². The Kier molecular flexibility index (Phi) is 2.31. The molecule has 0 aliphatic carbocycles. The van der Waals surface area contributed by atoms with Gasteiger partial charge in [0.1, 0.15) is 17.8 Å². The zero-order valence-electron chi connectivity index (χ0n) is 7.46. The van der Waals surface area contributed by atoms with Crippen molar-refractivity contribution in [3.63, 3.8) is 0 Å². The lowest BCUT2D eigenvalue weighted by Gasteiger charge is -2.03. The van der Waals surface area contributed by atoms with Gasteiger partial charge in [0.15, 0.2) is 0 Å². The lowest BCUT2D eigenvalue weighted by atomic mass is 9.95. The Labute approximate surface area is 71.4 Å². The number of Topliss-reactive ketones (excluding diaryl/α,β-unsaturated/α-hetero) is 1. The van der Waals surface area contributed by atoms with Gasteiger partial charge in [-0.15, -0.1) is 0 Å². The van der Waals surface area contributed by atoms with Crippen molar-refractivity contribution in [1.29, 1.82) is 0 Å². The summed E-state index contributed by atoms with van der Waals surface area (Å²) < 4.78 is 4.91. The maximum Gasteiger partial charge on any atom is 0.321 e. The summed E-state index contributed by atoms with van der Waals surface area (Å²) in [6.07, 6.45) is 1.54. The molecule has 0 aromatic carbocycles. The molecule has 3 heteroatoms. The molecule has 0 saturated carbocycles. The van der Waals surface area contributed by atoms with Crippen LogP contribution in [0.4, 0.5) is 0 Å². The molecule has 2 unspecified atom stereocenters. The number of rotatable bonds is 1. The van der Waals surface area contributed by atoms with Crippen molar-refractivity contribution in [3.05, 3.63) is 11.6 Å². The van der Waals surface area contributed by atoms with Crippen LogP contribution in [-0.2, 0) is 14.3 Å². The molecule has 0 aromatic rings. The minimum Gasteiger partial charge on any atom is -0.457 e. The molecule has 3 nitrogen and oxygen atoms in total. The highest BCUT2D eigenvalue weighted by Gasteiger charge is 2.39. The monoisotopic (exact) mass is 168 g/mol. The Hall–Kier alpha value is -1.12. The van der Waals surface area contributed by atoms with Crippen LogP contribution in [0, 0.1) is 5.92 Å². The summed E-state index contributed by atoms with van der Waals surface area (Å²) in [7, 11) is 0. The van der Waals surface area contributed by atoms with E-state index in [4.69, 9.17) is 4.74 Å². The van der Waals surface area contributed by atoms with Gasteiger partial charge in [-0.2, -0.15) is 0 Å². The van der Waals surface area contributed by atoms with Gasteiger partial charge < -0.3 is 4.74 Å². The second-order valence-electron chi connectivity index (χ2n) is 2.91. The predicted molar refractivity (Wildman–Crippen MR) is 43.5 cm³/mol. The number of hydrogen-bond acceptors (Lipinski definition) is 3. The van der Waals surface area contributed by atoms with Crippen LogP contribution < -0.4 is 0 Å². The predicted octanol–water partition coefficient (Wildman–Crippen LogP) is 1.08. The first-order valence-electron chi connectivity index (χ1n) is 3.95. The molecule has 12 heavy (non-hydrogen) atoms. The standard InChI is InChI=1S/C9H12O3/c1-4-7-6(3)12-9(11)8(7)5(2)10/h4,6,8H,1-3H3/b7-4+. The van der Waals surface area contributed by atoms with Crippen molar-refractivity contribution in [2.24, 2.45) is 5.92 Å². The maximum absolute atomic E-state index is 11.1. The molecule has 2 atom stereocenters. The number of esters is 1. The quantitative estimate of drug-likeness (QED) is 0.334. The first-order valence-corrected chi connectivity index (χ1v) is 3.95. The van der Waals surface area contributed by atoms with Crippen LogP contribution in [0.5, 0.6) is 0 Å². The lowest BCUT2D eigenvalue weighted by Crippen LogP contribution is -2.17. The van der Waals surface area contributed by atoms with E-state index in [-0.39, 0.29) is 11.9 Å². The van der Waals surface area contributed by atoms with E-state index in [0.717, 1.165) is 5.57 Å². The molecule has 1 rings (SSSR count). The molecule has 0 bridgehead atoms. The minimum atomic E-state index is -0.648. The average molecular weight is 168 g/mol. The third kappa shape index (κ3) is 1.26. The molecule has 0 radical (unpaired) electrons. The SMILES string of the molecule is C/C=C1\C(C)OC(=O)C1C(C)=O. The van der Waals surface area contributed by atoms with Crippen LogP contribution in [0.15, 0.2) is 11.6 Å². The molecule has 0 aromatic heterocycles. The highest BCUT2D eigenvalue weighted by Crippen LogP contribution is 2.27. The van der Waals surface area contributed by atoms with Crippen LogP contribution in [0.3, 0.4) is 0 Å². The van der Waals surface area contributed by atoms with Crippen molar-refractivity contribution in [2.45, 2.75) is 26.9 Å². The summed E-state index contributed by atoms with van der Waals surface area (Å²) >= 11 is 0. The van der Waals surface area contributed by atoms with Gasteiger partial charge in [-0.25, -0.2) is 0 Å². The molecular weight excluding hydrogens is 156 g/mol. The fourth-order valence-corrected chi connectivity index (χ4v) is 1.48. The van der Waals surface area contributed by atoms with Gasteiger partial charge >= 0.3 is 5.97 Å². The van der Waals surface area contributed by atoms with E-state index in [0.29, 0.717) is 0 Å². The number of carbonyl (C=O) groups excluding carboxylic acids is 2. The summed E-state index contributed by atoms with van der Waals surface area (Å²) in [4.78, 5) is 22.1. The topological polar surface area (TPSA) is 43.4 Å². The van der Waals surface area contributed by atoms with E-state index in [1.165, 1.54) is 6.92 Å². The van der Waals surface area contributed by atoms with Crippen LogP contribution in [-0.4, -0.2) is 17.9 Å². The van der Waals surface area contributed by atoms with Gasteiger partial charge in [0, 0.05) is 0 Å². The number of hydrogen-bond donors (Lipinski definition) is 0. The van der Waals surface area contributed by atoms with E-state index in [1.54, 1.807) is 13.0 Å². The first kappa shape index (κ1) is 8.97. The van der Waals surface area contributed by atoms with Gasteiger partial charge in [0.2, 0.25) is 0 Å². The van der Waals surface area contributed by atoms with Crippen LogP contribution in [0.25, 0.3) is 0 Å². The Balaban J connectivity index is 2.98. The van der Waals surface area contributed by atoms with Crippen molar-refractivity contribution >= 4 is 11.8 Å². The fraction of sp³-hybridized carbons (Fsp3) is 0.556. The Bertz CT molecular complexity index is 252. The fourth-order valence-electron chi connectivity index (χ4n) is 1.48. The van der Waals surface area contributed by atoms with Gasteiger partial charge in [-0.3, -0.25) is 9.59 Å². The van der Waals surface area contributed by atoms with E-state index in [1.807, 2.05) is 6.92 Å². The molecule has 1 fully saturated rings. The summed E-state index contributed by atoms with van der Waals surface area (Å²) in [6, 6.07) is 0. The number of ether oxygens (including phenoxy) is 1. The van der Waals surface area contributed by atoms with Crippen LogP contribution >= 0.6 is 0 Å². The second-order valence-corrected chi connectivity index (χ2v) is 2.91. The van der Waals surface area contributed by atoms with Gasteiger partial charge in [0.05, 0.1) is 0 Å². The van der Waals surface area contributed by atoms with E-state index in [2.05, 4.69) is 0 Å². The number of ketones is 1. The summed E-state index contributed by atoms with van der Waals surface area (Å²) in [6.45, 7) is 4.99. The minimum absolute atomic E-state index is 0.141. The molecule has 0 N–H and O–H groups in total. The third-order valence-electron chi connectivity index (χ3n) is 2.07. The normalized spacial score (nSPS) is 32.2. The number of carbonyl (C=O) groups is 2. The second kappa shape index (κ2) is 3.09. The molecule has 0 amide bonds. The van der Waals surface area contributed by atoms with E-state index < -0.39 is 11.9 Å². The van der Waals surface area contributed by atoms with Gasteiger partial charge in [0.25, 0.3) is 0 Å². The van der Waals surface area contributed by atoms with Gasteiger partial charge in [-0.05, 0) is 26.3 Å². The Morgan fingerprint density at radius 1 is 1.58 bits per heavy atom. The zero-order valence-corrected chi connectivity index (χ0v) is 7.46. The van der Waals surface area contributed by atoms with E-state index >= 15 is 0 Å². The highest BCUT2D eigenvalue weighted by atomic mass is 16.6. The number of allylic oxidation sites excluding steroid dienone is 1. The first-order chi connectivity index (χ1) is 5.57. The molecular formula is C9H12O3. The zero-order chi connectivity index (χ0) is 9.30. The summed E-state index contributed by atoms with van der Waals surface area (Å²) in [5, 5.41) is 0. The van der Waals surface area contributed by atoms with Crippen molar-refractivity contribution in [2.75, 3.05) is 0 Å². The van der Waals surface area contributed by atoms with Crippen LogP contribution in [0.1, 0.15) is 20.8 Å². The van der Waals surface area contributed by atoms with E-state index in [9.17, 15) is 9.59 Å². The molecule has 0 spiro atoms. The van der Waals surface area contributed by atoms with Gasteiger partial charge in [-0.1, -0.05) is 6.08 Å². The summed E-state index contributed by atoms with van der Waals surface area (Å²) in [5.41, 5.74) is 0.785. The lowest BCUT2D eigenvalue weighted by molar-refractivity contribution is -0.146. The smallest absolute Gasteiger partial charge is 0.321 e. The largest absolute Gasteiger partial charge is 0.457 e. The molecule has 66 valence electrons. The van der Waals surface area contributed by atoms with Crippen molar-refractivity contribution in [1.82, 2.24) is 0 Å². The Morgan fingerprint density at radius 3 is 2.50 bits per heavy atom. The molecule has 1 saturated heterocycles. The molecule has 1 aliphatic rings. The third-order valence-corrected chi connectivity index (χ3v) is 2.07. The van der Waals surface area contributed by atoms with Crippen LogP contribution in [0.2, 0.25) is 0 Å². The Morgan fingerprint density at radius 2 is 2.17 bits per heavy atom. The average Bonchev–Trinajstić information content (AvgIpc) is 2.24.